The first-order valence-electron chi connectivity index (χ1n) is 9.49. The Morgan fingerprint density at radius 3 is 2.82 bits per heavy atom. The van der Waals surface area contributed by atoms with Gasteiger partial charge in [0.2, 0.25) is 0 Å². The minimum atomic E-state index is -0.748. The highest BCUT2D eigenvalue weighted by Gasteiger charge is 2.50. The number of Topliss-reactive ketones (excluding diaryl/α,β-unsaturated/α-hetero) is 2. The van der Waals surface area contributed by atoms with Crippen molar-refractivity contribution in [1.29, 1.82) is 0 Å². The first-order valence-corrected chi connectivity index (χ1v) is 9.49. The second-order valence-electron chi connectivity index (χ2n) is 7.37. The van der Waals surface area contributed by atoms with Gasteiger partial charge in [-0.15, -0.1) is 0 Å². The molecular formula is C21H20N4O3. The van der Waals surface area contributed by atoms with Gasteiger partial charge in [0, 0.05) is 12.5 Å². The van der Waals surface area contributed by atoms with Crippen LogP contribution in [0.2, 0.25) is 0 Å². The molecule has 0 radical (unpaired) electrons. The molecular weight excluding hydrogens is 356 g/mol. The van der Waals surface area contributed by atoms with E-state index < -0.39 is 12.0 Å². The van der Waals surface area contributed by atoms with Gasteiger partial charge in [0.15, 0.2) is 5.78 Å². The van der Waals surface area contributed by atoms with Crippen LogP contribution in [0.25, 0.3) is 0 Å². The first-order chi connectivity index (χ1) is 13.7. The van der Waals surface area contributed by atoms with Crippen LogP contribution in [0.1, 0.15) is 41.3 Å². The van der Waals surface area contributed by atoms with Crippen molar-refractivity contribution in [1.82, 2.24) is 20.1 Å². The summed E-state index contributed by atoms with van der Waals surface area (Å²) in [6.07, 6.45) is 5.63. The van der Waals surface area contributed by atoms with E-state index in [9.17, 15) is 9.59 Å². The van der Waals surface area contributed by atoms with Crippen LogP contribution < -0.4 is 5.32 Å². The molecule has 1 aliphatic heterocycles. The average Bonchev–Trinajstić information content (AvgIpc) is 3.42. The van der Waals surface area contributed by atoms with Gasteiger partial charge in [-0.05, 0) is 36.2 Å². The van der Waals surface area contributed by atoms with E-state index in [0.717, 1.165) is 18.5 Å². The van der Waals surface area contributed by atoms with Crippen molar-refractivity contribution in [2.24, 2.45) is 5.92 Å². The predicted molar refractivity (Wildman–Crippen MR) is 99.5 cm³/mol. The molecule has 1 fully saturated rings. The number of benzene rings is 1. The van der Waals surface area contributed by atoms with Crippen LogP contribution >= 0.6 is 0 Å². The Morgan fingerprint density at radius 2 is 2.04 bits per heavy atom. The molecule has 3 aromatic rings. The Kier molecular flexibility index (Phi) is 4.16. The average molecular weight is 376 g/mol. The van der Waals surface area contributed by atoms with Crippen molar-refractivity contribution < 1.29 is 14.0 Å². The van der Waals surface area contributed by atoms with Gasteiger partial charge in [-0.2, -0.15) is 5.10 Å². The third-order valence-electron chi connectivity index (χ3n) is 5.86. The van der Waals surface area contributed by atoms with E-state index >= 15 is 0 Å². The summed E-state index contributed by atoms with van der Waals surface area (Å²) >= 11 is 0. The van der Waals surface area contributed by atoms with E-state index in [1.807, 2.05) is 24.3 Å². The second-order valence-corrected chi connectivity index (χ2v) is 7.37. The molecule has 2 aromatic heterocycles. The Bertz CT molecular complexity index is 997. The van der Waals surface area contributed by atoms with E-state index in [1.54, 1.807) is 17.0 Å². The number of furan rings is 1. The number of hydrogen-bond donors (Lipinski definition) is 1. The number of nitrogens with one attached hydrogen (secondary N) is 1. The molecule has 142 valence electrons. The molecule has 3 heterocycles. The van der Waals surface area contributed by atoms with E-state index in [-0.39, 0.29) is 29.9 Å². The van der Waals surface area contributed by atoms with E-state index in [4.69, 9.17) is 4.42 Å². The molecule has 7 heteroatoms. The molecule has 28 heavy (non-hydrogen) atoms. The Balaban J connectivity index is 1.56. The van der Waals surface area contributed by atoms with Gasteiger partial charge in [0.05, 0.1) is 18.1 Å². The van der Waals surface area contributed by atoms with Gasteiger partial charge in [-0.25, -0.2) is 9.67 Å². The van der Waals surface area contributed by atoms with E-state index in [1.165, 1.54) is 18.2 Å². The summed E-state index contributed by atoms with van der Waals surface area (Å²) in [6.45, 7) is 0.744. The summed E-state index contributed by atoms with van der Waals surface area (Å²) in [6, 6.07) is 10.7. The highest BCUT2D eigenvalue weighted by molar-refractivity contribution is 6.08. The van der Waals surface area contributed by atoms with Crippen LogP contribution in [-0.4, -0.2) is 32.9 Å². The van der Waals surface area contributed by atoms with Crippen LogP contribution in [-0.2, 0) is 16.0 Å². The summed E-state index contributed by atoms with van der Waals surface area (Å²) in [5.41, 5.74) is 2.23. The Morgan fingerprint density at radius 1 is 1.14 bits per heavy atom. The first kappa shape index (κ1) is 17.1. The highest BCUT2D eigenvalue weighted by atomic mass is 16.3. The highest BCUT2D eigenvalue weighted by Crippen LogP contribution is 2.44. The van der Waals surface area contributed by atoms with Gasteiger partial charge in [0.1, 0.15) is 30.2 Å². The predicted octanol–water partition coefficient (Wildman–Crippen LogP) is 2.24. The van der Waals surface area contributed by atoms with Crippen LogP contribution in [0.4, 0.5) is 0 Å². The standard InChI is InChI=1S/C21H20N4O3/c26-16-10-15(17-6-3-9-28-17)20(25-12-22-11-24-25)21(27)18(16)19-14-5-2-1-4-13(14)7-8-23-19/h1-6,9,11-12,15,18-20,23H,7-8,10H2/t15-,18+,19-,20-/m1/s1. The van der Waals surface area contributed by atoms with Gasteiger partial charge in [0.25, 0.3) is 0 Å². The van der Waals surface area contributed by atoms with Crippen LogP contribution in [0.15, 0.2) is 59.7 Å². The van der Waals surface area contributed by atoms with Crippen molar-refractivity contribution in [3.63, 3.8) is 0 Å². The third kappa shape index (κ3) is 2.70. The summed E-state index contributed by atoms with van der Waals surface area (Å²) in [4.78, 5) is 30.9. The normalized spacial score (nSPS) is 27.6. The zero-order valence-electron chi connectivity index (χ0n) is 15.2. The smallest absolute Gasteiger partial charge is 0.170 e. The lowest BCUT2D eigenvalue weighted by molar-refractivity contribution is -0.141. The third-order valence-corrected chi connectivity index (χ3v) is 5.86. The van der Waals surface area contributed by atoms with Crippen molar-refractivity contribution in [2.75, 3.05) is 6.54 Å². The molecule has 0 saturated heterocycles. The fourth-order valence-electron chi connectivity index (χ4n) is 4.62. The van der Waals surface area contributed by atoms with E-state index in [0.29, 0.717) is 5.76 Å². The van der Waals surface area contributed by atoms with Crippen molar-refractivity contribution in [3.8, 4) is 0 Å². The molecule has 0 bridgehead atoms. The molecule has 4 atom stereocenters. The summed E-state index contributed by atoms with van der Waals surface area (Å²) in [5.74, 6) is -0.708. The largest absolute Gasteiger partial charge is 0.469 e. The molecule has 0 spiro atoms. The molecule has 5 rings (SSSR count). The number of nitrogens with zero attached hydrogens (tertiary/aromatic N) is 3. The lowest BCUT2D eigenvalue weighted by atomic mass is 9.70. The number of aromatic nitrogens is 3. The molecule has 7 nitrogen and oxygen atoms in total. The zero-order valence-corrected chi connectivity index (χ0v) is 15.2. The lowest BCUT2D eigenvalue weighted by Gasteiger charge is -2.38. The number of fused-ring (bicyclic) bond motifs is 1. The zero-order chi connectivity index (χ0) is 19.1. The van der Waals surface area contributed by atoms with Crippen molar-refractivity contribution in [3.05, 3.63) is 72.2 Å². The molecule has 1 saturated carbocycles. The number of carbonyl (C=O) groups is 2. The minimum absolute atomic E-state index is 0.0584. The number of ketones is 2. The van der Waals surface area contributed by atoms with E-state index in [2.05, 4.69) is 21.5 Å². The maximum atomic E-state index is 13.7. The fourth-order valence-corrected chi connectivity index (χ4v) is 4.62. The van der Waals surface area contributed by atoms with Crippen LogP contribution in [0.5, 0.6) is 0 Å². The molecule has 1 aliphatic carbocycles. The van der Waals surface area contributed by atoms with Gasteiger partial charge in [-0.1, -0.05) is 24.3 Å². The number of hydrogen-bond acceptors (Lipinski definition) is 6. The number of carbonyl (C=O) groups excluding carboxylic acids is 2. The number of rotatable bonds is 3. The molecule has 2 aliphatic rings. The minimum Gasteiger partial charge on any atom is -0.469 e. The Labute approximate surface area is 161 Å². The summed E-state index contributed by atoms with van der Waals surface area (Å²) in [5, 5.41) is 7.62. The van der Waals surface area contributed by atoms with Crippen LogP contribution in [0, 0.1) is 5.92 Å². The van der Waals surface area contributed by atoms with Gasteiger partial charge >= 0.3 is 0 Å². The van der Waals surface area contributed by atoms with Gasteiger partial charge in [-0.3, -0.25) is 9.59 Å². The molecule has 0 unspecified atom stereocenters. The maximum Gasteiger partial charge on any atom is 0.170 e. The van der Waals surface area contributed by atoms with Gasteiger partial charge < -0.3 is 9.73 Å². The SMILES string of the molecule is O=C1C[C@H](c2ccco2)[C@@H](n2cncn2)C(=O)[C@@H]1[C@@H]1NCCc2ccccc21. The monoisotopic (exact) mass is 376 g/mol. The Hall–Kier alpha value is -3.06. The topological polar surface area (TPSA) is 90.0 Å². The van der Waals surface area contributed by atoms with Crippen LogP contribution in [0.3, 0.4) is 0 Å². The maximum absolute atomic E-state index is 13.7. The second kappa shape index (κ2) is 6.83. The summed E-state index contributed by atoms with van der Waals surface area (Å²) in [7, 11) is 0. The van der Waals surface area contributed by atoms with Crippen molar-refractivity contribution in [2.45, 2.75) is 30.8 Å². The fraction of sp³-hybridized carbons (Fsp3) is 0.333. The lowest BCUT2D eigenvalue weighted by Crippen LogP contribution is -2.48. The summed E-state index contributed by atoms with van der Waals surface area (Å²) < 4.78 is 7.11. The van der Waals surface area contributed by atoms with Crippen molar-refractivity contribution >= 4 is 11.6 Å². The molecule has 1 aromatic carbocycles. The molecule has 0 amide bonds. The molecule has 1 N–H and O–H groups in total. The quantitative estimate of drug-likeness (QED) is 0.705.